The molecular formula is C21H24ClN3O4S. The van der Waals surface area contributed by atoms with E-state index >= 15 is 0 Å². The second-order valence-corrected chi connectivity index (χ2v) is 8.02. The van der Waals surface area contributed by atoms with Crippen molar-refractivity contribution in [2.45, 2.75) is 6.42 Å². The summed E-state index contributed by atoms with van der Waals surface area (Å²) in [5.41, 5.74) is 1.40. The van der Waals surface area contributed by atoms with Crippen molar-refractivity contribution in [1.82, 2.24) is 9.88 Å². The third-order valence-electron chi connectivity index (χ3n) is 4.67. The quantitative estimate of drug-likeness (QED) is 0.542. The number of hydrogen-bond acceptors (Lipinski definition) is 7. The van der Waals surface area contributed by atoms with Crippen LogP contribution in [0.25, 0.3) is 10.2 Å². The average molecular weight is 450 g/mol. The van der Waals surface area contributed by atoms with Crippen LogP contribution >= 0.6 is 23.7 Å². The predicted octanol–water partition coefficient (Wildman–Crippen LogP) is 4.05. The minimum absolute atomic E-state index is 0. The van der Waals surface area contributed by atoms with Gasteiger partial charge in [0.25, 0.3) is 5.91 Å². The van der Waals surface area contributed by atoms with Gasteiger partial charge >= 0.3 is 0 Å². The zero-order valence-electron chi connectivity index (χ0n) is 17.1. The number of carbonyl (C=O) groups excluding carboxylic acids is 1. The molecule has 0 unspecified atom stereocenters. The minimum atomic E-state index is -0.0782. The molecule has 0 N–H and O–H groups in total. The lowest BCUT2D eigenvalue weighted by molar-refractivity contribution is 0.0986. The zero-order chi connectivity index (χ0) is 20.4. The van der Waals surface area contributed by atoms with Crippen molar-refractivity contribution in [1.29, 1.82) is 0 Å². The van der Waals surface area contributed by atoms with E-state index < -0.39 is 0 Å². The van der Waals surface area contributed by atoms with Crippen LogP contribution in [0.5, 0.6) is 17.2 Å². The van der Waals surface area contributed by atoms with Crippen LogP contribution in [0.3, 0.4) is 0 Å². The van der Waals surface area contributed by atoms with Crippen LogP contribution in [-0.4, -0.2) is 56.9 Å². The summed E-state index contributed by atoms with van der Waals surface area (Å²) in [6, 6.07) is 10.9. The SMILES string of the molecule is COc1ccc(C(=O)N(CCCN(C)C)c2nc3cc4c(cc3s2)OCO4)cc1.Cl. The number of rotatable bonds is 7. The smallest absolute Gasteiger partial charge is 0.260 e. The van der Waals surface area contributed by atoms with Gasteiger partial charge in [0.2, 0.25) is 6.79 Å². The van der Waals surface area contributed by atoms with E-state index in [9.17, 15) is 4.79 Å². The maximum atomic E-state index is 13.3. The lowest BCUT2D eigenvalue weighted by Gasteiger charge is -2.21. The molecule has 1 amide bonds. The van der Waals surface area contributed by atoms with Gasteiger partial charge in [-0.05, 0) is 51.3 Å². The highest BCUT2D eigenvalue weighted by Crippen LogP contribution is 2.40. The summed E-state index contributed by atoms with van der Waals surface area (Å²) in [5, 5.41) is 0.670. The van der Waals surface area contributed by atoms with E-state index in [1.165, 1.54) is 11.3 Å². The van der Waals surface area contributed by atoms with Gasteiger partial charge in [0.05, 0.1) is 17.3 Å². The van der Waals surface area contributed by atoms with Gasteiger partial charge < -0.3 is 19.1 Å². The number of amides is 1. The molecule has 30 heavy (non-hydrogen) atoms. The molecule has 2 heterocycles. The standard InChI is InChI=1S/C21H23N3O4S.ClH/c1-23(2)9-4-10-24(20(25)14-5-7-15(26-3)8-6-14)21-22-16-11-17-18(28-13-27-17)12-19(16)29-21;/h5-8,11-12H,4,9-10,13H2,1-3H3;1H. The lowest BCUT2D eigenvalue weighted by Crippen LogP contribution is -2.33. The Balaban J connectivity index is 0.00000256. The van der Waals surface area contributed by atoms with E-state index in [0.29, 0.717) is 28.7 Å². The Kier molecular flexibility index (Phi) is 7.02. The van der Waals surface area contributed by atoms with Crippen LogP contribution < -0.4 is 19.1 Å². The summed E-state index contributed by atoms with van der Waals surface area (Å²) >= 11 is 1.48. The number of anilines is 1. The fraction of sp³-hybridized carbons (Fsp3) is 0.333. The van der Waals surface area contributed by atoms with E-state index in [0.717, 1.165) is 28.9 Å². The monoisotopic (exact) mass is 449 g/mol. The fourth-order valence-electron chi connectivity index (χ4n) is 3.14. The van der Waals surface area contributed by atoms with Gasteiger partial charge in [-0.2, -0.15) is 0 Å². The van der Waals surface area contributed by atoms with Crippen LogP contribution in [0.15, 0.2) is 36.4 Å². The Bertz CT molecular complexity index is 982. The van der Waals surface area contributed by atoms with Crippen molar-refractivity contribution < 1.29 is 19.0 Å². The number of aromatic nitrogens is 1. The molecule has 1 aliphatic heterocycles. The molecule has 1 aliphatic rings. The van der Waals surface area contributed by atoms with Crippen LogP contribution in [0, 0.1) is 0 Å². The van der Waals surface area contributed by atoms with Crippen LogP contribution in [0.4, 0.5) is 5.13 Å². The number of hydrogen-bond donors (Lipinski definition) is 0. The maximum absolute atomic E-state index is 13.3. The molecule has 0 fully saturated rings. The third-order valence-corrected chi connectivity index (χ3v) is 5.71. The largest absolute Gasteiger partial charge is 0.497 e. The molecule has 1 aromatic heterocycles. The normalized spacial score (nSPS) is 12.1. The topological polar surface area (TPSA) is 64.1 Å². The van der Waals surface area contributed by atoms with Crippen molar-refractivity contribution >= 4 is 45.0 Å². The van der Waals surface area contributed by atoms with Crippen molar-refractivity contribution in [3.8, 4) is 17.2 Å². The van der Waals surface area contributed by atoms with Crippen molar-refractivity contribution in [2.75, 3.05) is 46.0 Å². The Morgan fingerprint density at radius 1 is 1.13 bits per heavy atom. The number of ether oxygens (including phenoxy) is 3. The molecule has 9 heteroatoms. The molecule has 0 spiro atoms. The zero-order valence-corrected chi connectivity index (χ0v) is 18.7. The van der Waals surface area contributed by atoms with Gasteiger partial charge in [0, 0.05) is 24.2 Å². The summed E-state index contributed by atoms with van der Waals surface area (Å²) in [4.78, 5) is 21.9. The molecule has 0 saturated carbocycles. The Morgan fingerprint density at radius 2 is 1.83 bits per heavy atom. The number of halogens is 1. The first-order valence-corrected chi connectivity index (χ1v) is 10.2. The Labute approximate surface area is 185 Å². The maximum Gasteiger partial charge on any atom is 0.260 e. The summed E-state index contributed by atoms with van der Waals surface area (Å²) in [6.07, 6.45) is 0.841. The van der Waals surface area contributed by atoms with Crippen LogP contribution in [0.2, 0.25) is 0 Å². The Hall–Kier alpha value is -2.55. The highest BCUT2D eigenvalue weighted by molar-refractivity contribution is 7.22. The summed E-state index contributed by atoms with van der Waals surface area (Å²) < 4.78 is 17.1. The van der Waals surface area contributed by atoms with Gasteiger partial charge in [-0.25, -0.2) is 4.98 Å². The molecule has 0 bridgehead atoms. The summed E-state index contributed by atoms with van der Waals surface area (Å²) in [6.45, 7) is 1.69. The molecular weight excluding hydrogens is 426 g/mol. The molecule has 4 rings (SSSR count). The first-order valence-electron chi connectivity index (χ1n) is 9.36. The molecule has 0 aliphatic carbocycles. The molecule has 0 atom stereocenters. The van der Waals surface area contributed by atoms with Crippen LogP contribution in [-0.2, 0) is 0 Å². The number of benzene rings is 2. The van der Waals surface area contributed by atoms with Gasteiger partial charge in [-0.3, -0.25) is 9.69 Å². The average Bonchev–Trinajstić information content (AvgIpc) is 3.34. The number of thiazole rings is 1. The van der Waals surface area contributed by atoms with Crippen molar-refractivity contribution in [2.24, 2.45) is 0 Å². The van der Waals surface area contributed by atoms with E-state index in [4.69, 9.17) is 19.2 Å². The van der Waals surface area contributed by atoms with E-state index in [1.54, 1.807) is 36.3 Å². The van der Waals surface area contributed by atoms with E-state index in [2.05, 4.69) is 4.90 Å². The number of carbonyl (C=O) groups is 1. The van der Waals surface area contributed by atoms with Gasteiger partial charge in [0.15, 0.2) is 16.6 Å². The van der Waals surface area contributed by atoms with Gasteiger partial charge in [-0.15, -0.1) is 12.4 Å². The van der Waals surface area contributed by atoms with E-state index in [-0.39, 0.29) is 25.1 Å². The number of nitrogens with zero attached hydrogens (tertiary/aromatic N) is 3. The fourth-order valence-corrected chi connectivity index (χ4v) is 4.14. The van der Waals surface area contributed by atoms with Crippen molar-refractivity contribution in [3.05, 3.63) is 42.0 Å². The van der Waals surface area contributed by atoms with Gasteiger partial charge in [0.1, 0.15) is 5.75 Å². The Morgan fingerprint density at radius 3 is 2.50 bits per heavy atom. The first kappa shape index (κ1) is 22.1. The first-order chi connectivity index (χ1) is 14.0. The predicted molar refractivity (Wildman–Crippen MR) is 121 cm³/mol. The highest BCUT2D eigenvalue weighted by atomic mass is 35.5. The highest BCUT2D eigenvalue weighted by Gasteiger charge is 2.23. The summed E-state index contributed by atoms with van der Waals surface area (Å²) in [7, 11) is 5.65. The second-order valence-electron chi connectivity index (χ2n) is 7.01. The van der Waals surface area contributed by atoms with Gasteiger partial charge in [-0.1, -0.05) is 11.3 Å². The third kappa shape index (κ3) is 4.61. The molecule has 160 valence electrons. The summed E-state index contributed by atoms with van der Waals surface area (Å²) in [5.74, 6) is 2.05. The second kappa shape index (κ2) is 9.51. The number of methoxy groups -OCH3 is 1. The van der Waals surface area contributed by atoms with Crippen molar-refractivity contribution in [3.63, 3.8) is 0 Å². The molecule has 7 nitrogen and oxygen atoms in total. The lowest BCUT2D eigenvalue weighted by atomic mass is 10.2. The molecule has 0 saturated heterocycles. The van der Waals surface area contributed by atoms with E-state index in [1.807, 2.05) is 26.2 Å². The molecule has 3 aromatic rings. The molecule has 0 radical (unpaired) electrons. The minimum Gasteiger partial charge on any atom is -0.497 e. The van der Waals surface area contributed by atoms with Crippen LogP contribution in [0.1, 0.15) is 16.8 Å². The molecule has 2 aromatic carbocycles. The number of fused-ring (bicyclic) bond motifs is 2.